The first-order chi connectivity index (χ1) is 13.8. The number of amides is 1. The van der Waals surface area contributed by atoms with Crippen LogP contribution in [0.15, 0.2) is 36.4 Å². The van der Waals surface area contributed by atoms with Crippen LogP contribution in [-0.2, 0) is 21.0 Å². The first kappa shape index (κ1) is 24.0. The van der Waals surface area contributed by atoms with Crippen LogP contribution in [0.3, 0.4) is 0 Å². The standard InChI is InChI=1S/C20H22ClF3N2O3S/c1-13-6-4-7-18(14(13)2)26(30(3,28)29)11-5-8-19(27)25-15-9-10-17(21)16(12-15)20(22,23)24/h4,6-7,9-10,12H,5,8,11H2,1-3H3,(H,25,27). The van der Waals surface area contributed by atoms with Crippen LogP contribution in [-0.4, -0.2) is 27.1 Å². The van der Waals surface area contributed by atoms with Gasteiger partial charge in [-0.2, -0.15) is 13.2 Å². The highest BCUT2D eigenvalue weighted by Gasteiger charge is 2.33. The van der Waals surface area contributed by atoms with E-state index >= 15 is 0 Å². The summed E-state index contributed by atoms with van der Waals surface area (Å²) in [6.07, 6.45) is -3.44. The van der Waals surface area contributed by atoms with E-state index in [2.05, 4.69) is 5.32 Å². The lowest BCUT2D eigenvalue weighted by Gasteiger charge is -2.25. The van der Waals surface area contributed by atoms with Crippen LogP contribution in [0.25, 0.3) is 0 Å². The topological polar surface area (TPSA) is 66.5 Å². The first-order valence-corrected chi connectivity index (χ1v) is 11.2. The van der Waals surface area contributed by atoms with Gasteiger partial charge in [0.15, 0.2) is 0 Å². The zero-order valence-corrected chi connectivity index (χ0v) is 18.2. The summed E-state index contributed by atoms with van der Waals surface area (Å²) in [5.74, 6) is -0.528. The van der Waals surface area contributed by atoms with Crippen LogP contribution >= 0.6 is 11.6 Å². The van der Waals surface area contributed by atoms with Gasteiger partial charge in [0, 0.05) is 18.7 Å². The Labute approximate surface area is 178 Å². The molecule has 1 amide bonds. The number of carbonyl (C=O) groups is 1. The zero-order chi connectivity index (χ0) is 22.7. The predicted molar refractivity (Wildman–Crippen MR) is 112 cm³/mol. The Kier molecular flexibility index (Phi) is 7.41. The van der Waals surface area contributed by atoms with Gasteiger partial charge in [0.2, 0.25) is 15.9 Å². The molecule has 2 aromatic carbocycles. The second-order valence-electron chi connectivity index (χ2n) is 6.90. The maximum absolute atomic E-state index is 12.9. The fraction of sp³-hybridized carbons (Fsp3) is 0.350. The van der Waals surface area contributed by atoms with E-state index in [0.717, 1.165) is 29.5 Å². The van der Waals surface area contributed by atoms with Crippen LogP contribution in [0, 0.1) is 13.8 Å². The van der Waals surface area contributed by atoms with Crippen molar-refractivity contribution in [3.63, 3.8) is 0 Å². The molecule has 0 aliphatic rings. The molecule has 0 aromatic heterocycles. The Morgan fingerprint density at radius 2 is 1.83 bits per heavy atom. The van der Waals surface area contributed by atoms with Crippen molar-refractivity contribution in [1.29, 1.82) is 0 Å². The molecule has 0 bridgehead atoms. The van der Waals surface area contributed by atoms with Gasteiger partial charge < -0.3 is 5.32 Å². The van der Waals surface area contributed by atoms with Gasteiger partial charge in [-0.3, -0.25) is 9.10 Å². The number of alkyl halides is 3. The maximum Gasteiger partial charge on any atom is 0.417 e. The van der Waals surface area contributed by atoms with Crippen molar-refractivity contribution in [2.75, 3.05) is 22.4 Å². The van der Waals surface area contributed by atoms with E-state index in [1.807, 2.05) is 19.9 Å². The average molecular weight is 463 g/mol. The van der Waals surface area contributed by atoms with Crippen molar-refractivity contribution in [3.05, 3.63) is 58.1 Å². The highest BCUT2D eigenvalue weighted by atomic mass is 35.5. The number of halogens is 4. The van der Waals surface area contributed by atoms with Gasteiger partial charge in [0.1, 0.15) is 0 Å². The van der Waals surface area contributed by atoms with Crippen LogP contribution < -0.4 is 9.62 Å². The molecule has 10 heteroatoms. The van der Waals surface area contributed by atoms with E-state index in [-0.39, 0.29) is 25.1 Å². The second-order valence-corrected chi connectivity index (χ2v) is 9.21. The third kappa shape index (κ3) is 6.12. The van der Waals surface area contributed by atoms with Gasteiger partial charge in [-0.15, -0.1) is 0 Å². The smallest absolute Gasteiger partial charge is 0.326 e. The van der Waals surface area contributed by atoms with E-state index in [0.29, 0.717) is 5.69 Å². The minimum atomic E-state index is -4.64. The zero-order valence-electron chi connectivity index (χ0n) is 16.7. The maximum atomic E-state index is 12.9. The van der Waals surface area contributed by atoms with Crippen LogP contribution in [0.4, 0.5) is 24.5 Å². The Morgan fingerprint density at radius 1 is 1.17 bits per heavy atom. The number of carbonyl (C=O) groups excluding carboxylic acids is 1. The number of hydrogen-bond donors (Lipinski definition) is 1. The molecule has 1 N–H and O–H groups in total. The van der Waals surface area contributed by atoms with E-state index < -0.39 is 32.7 Å². The lowest BCUT2D eigenvalue weighted by Crippen LogP contribution is -2.32. The molecule has 164 valence electrons. The predicted octanol–water partition coefficient (Wildman–Crippen LogP) is 5.16. The highest BCUT2D eigenvalue weighted by molar-refractivity contribution is 7.92. The summed E-state index contributed by atoms with van der Waals surface area (Å²) < 4.78 is 64.5. The van der Waals surface area contributed by atoms with E-state index in [4.69, 9.17) is 11.6 Å². The summed E-state index contributed by atoms with van der Waals surface area (Å²) in [7, 11) is -3.58. The van der Waals surface area contributed by atoms with E-state index in [1.54, 1.807) is 12.1 Å². The van der Waals surface area contributed by atoms with Gasteiger partial charge in [-0.25, -0.2) is 8.42 Å². The number of rotatable bonds is 7. The Bertz CT molecular complexity index is 1040. The largest absolute Gasteiger partial charge is 0.417 e. The number of anilines is 2. The first-order valence-electron chi connectivity index (χ1n) is 9.01. The number of hydrogen-bond acceptors (Lipinski definition) is 3. The number of nitrogens with one attached hydrogen (secondary N) is 1. The lowest BCUT2D eigenvalue weighted by molar-refractivity contribution is -0.137. The van der Waals surface area contributed by atoms with Gasteiger partial charge in [0.25, 0.3) is 0 Å². The number of benzene rings is 2. The lowest BCUT2D eigenvalue weighted by atomic mass is 10.1. The fourth-order valence-electron chi connectivity index (χ4n) is 2.90. The number of sulfonamides is 1. The summed E-state index contributed by atoms with van der Waals surface area (Å²) in [6.45, 7) is 3.74. The van der Waals surface area contributed by atoms with Crippen LogP contribution in [0.2, 0.25) is 5.02 Å². The average Bonchev–Trinajstić information content (AvgIpc) is 2.61. The highest BCUT2D eigenvalue weighted by Crippen LogP contribution is 2.36. The molecule has 0 radical (unpaired) electrons. The quantitative estimate of drug-likeness (QED) is 0.618. The minimum Gasteiger partial charge on any atom is -0.326 e. The van der Waals surface area contributed by atoms with Crippen LogP contribution in [0.5, 0.6) is 0 Å². The molecule has 30 heavy (non-hydrogen) atoms. The number of nitrogens with zero attached hydrogens (tertiary/aromatic N) is 1. The Balaban J connectivity index is 2.06. The molecule has 0 saturated heterocycles. The summed E-state index contributed by atoms with van der Waals surface area (Å²) in [5.41, 5.74) is 1.20. The summed E-state index contributed by atoms with van der Waals surface area (Å²) in [5, 5.41) is 1.93. The fourth-order valence-corrected chi connectivity index (χ4v) is 4.14. The Hall–Kier alpha value is -2.26. The molecule has 0 fully saturated rings. The molecule has 0 unspecified atom stereocenters. The van der Waals surface area contributed by atoms with Gasteiger partial charge >= 0.3 is 6.18 Å². The number of aryl methyl sites for hydroxylation is 1. The molecule has 5 nitrogen and oxygen atoms in total. The van der Waals surface area contributed by atoms with E-state index in [1.165, 1.54) is 10.4 Å². The van der Waals surface area contributed by atoms with Crippen molar-refractivity contribution in [1.82, 2.24) is 0 Å². The normalized spacial score (nSPS) is 12.0. The molecule has 0 saturated carbocycles. The molecule has 0 heterocycles. The van der Waals surface area contributed by atoms with Crippen LogP contribution in [0.1, 0.15) is 29.5 Å². The Morgan fingerprint density at radius 3 is 2.43 bits per heavy atom. The van der Waals surface area contributed by atoms with E-state index in [9.17, 15) is 26.4 Å². The second kappa shape index (κ2) is 9.26. The third-order valence-electron chi connectivity index (χ3n) is 4.57. The van der Waals surface area contributed by atoms with Gasteiger partial charge in [0.05, 0.1) is 22.5 Å². The van der Waals surface area contributed by atoms with Gasteiger partial charge in [-0.1, -0.05) is 23.7 Å². The summed E-state index contributed by atoms with van der Waals surface area (Å²) in [4.78, 5) is 12.2. The monoisotopic (exact) mass is 462 g/mol. The molecule has 0 atom stereocenters. The SMILES string of the molecule is Cc1cccc(N(CCCC(=O)Nc2ccc(Cl)c(C(F)(F)F)c2)S(C)(=O)=O)c1C. The molecule has 0 spiro atoms. The van der Waals surface area contributed by atoms with Crippen molar-refractivity contribution in [2.45, 2.75) is 32.9 Å². The van der Waals surface area contributed by atoms with Crippen molar-refractivity contribution in [3.8, 4) is 0 Å². The minimum absolute atomic E-state index is 0.0359. The third-order valence-corrected chi connectivity index (χ3v) is 6.08. The molecule has 0 aliphatic carbocycles. The molecule has 0 aliphatic heterocycles. The summed E-state index contributed by atoms with van der Waals surface area (Å²) in [6, 6.07) is 8.41. The molecular formula is C20H22ClF3N2O3S. The summed E-state index contributed by atoms with van der Waals surface area (Å²) >= 11 is 5.57. The molecular weight excluding hydrogens is 441 g/mol. The van der Waals surface area contributed by atoms with Crippen molar-refractivity contribution < 1.29 is 26.4 Å². The van der Waals surface area contributed by atoms with Gasteiger partial charge in [-0.05, 0) is 55.7 Å². The molecule has 2 aromatic rings. The molecule has 2 rings (SSSR count). The van der Waals surface area contributed by atoms with Crippen molar-refractivity contribution in [2.24, 2.45) is 0 Å². The van der Waals surface area contributed by atoms with Crippen molar-refractivity contribution >= 4 is 38.9 Å².